The summed E-state index contributed by atoms with van der Waals surface area (Å²) in [4.78, 5) is 12.3. The van der Waals surface area contributed by atoms with Crippen molar-refractivity contribution in [3.63, 3.8) is 0 Å². The van der Waals surface area contributed by atoms with E-state index in [1.165, 1.54) is 4.90 Å². The number of carboxylic acid groups (broad SMARTS) is 1. The van der Waals surface area contributed by atoms with Crippen LogP contribution in [-0.2, 0) is 0 Å². The van der Waals surface area contributed by atoms with Gasteiger partial charge in [0.1, 0.15) is 6.09 Å². The minimum absolute atomic E-state index is 0.497. The molecule has 0 radical (unpaired) electrons. The highest BCUT2D eigenvalue weighted by atomic mass is 127. The van der Waals surface area contributed by atoms with Crippen LogP contribution in [0.2, 0.25) is 0 Å². The molecule has 1 aromatic carbocycles. The fourth-order valence-electron chi connectivity index (χ4n) is 1.38. The van der Waals surface area contributed by atoms with Crippen molar-refractivity contribution in [3.8, 4) is 0 Å². The van der Waals surface area contributed by atoms with Crippen molar-refractivity contribution >= 4 is 34.4 Å². The van der Waals surface area contributed by atoms with Gasteiger partial charge in [0.2, 0.25) is 0 Å². The van der Waals surface area contributed by atoms with Gasteiger partial charge >= 0.3 is 0 Å². The second-order valence-corrected chi connectivity index (χ2v) is 5.50. The number of carbonyl (C=O) groups is 1. The Kier molecular flexibility index (Phi) is 3.59. The summed E-state index contributed by atoms with van der Waals surface area (Å²) in [5.74, 6) is 0. The standard InChI is InChI=1S/C11H14INO2/c1-11(2,3)13(10(14)15)9-6-4-5-8(12)7-9/h4-7H,1-3H3,(H,14,15)/p-1. The lowest BCUT2D eigenvalue weighted by molar-refractivity contribution is -0.247. The molecule has 4 heteroatoms. The van der Waals surface area contributed by atoms with Crippen molar-refractivity contribution in [1.82, 2.24) is 0 Å². The smallest absolute Gasteiger partial charge is 0.142 e. The zero-order chi connectivity index (χ0) is 11.6. The van der Waals surface area contributed by atoms with Gasteiger partial charge in [0, 0.05) is 14.8 Å². The summed E-state index contributed by atoms with van der Waals surface area (Å²) >= 11 is 2.15. The number of rotatable bonds is 1. The second-order valence-electron chi connectivity index (χ2n) is 4.25. The Bertz CT molecular complexity index is 371. The fourth-order valence-corrected chi connectivity index (χ4v) is 1.91. The van der Waals surface area contributed by atoms with Crippen LogP contribution in [0.3, 0.4) is 0 Å². The van der Waals surface area contributed by atoms with Gasteiger partial charge in [-0.1, -0.05) is 6.07 Å². The molecule has 0 N–H and O–H groups in total. The van der Waals surface area contributed by atoms with Crippen LogP contribution in [0.5, 0.6) is 0 Å². The minimum atomic E-state index is -1.18. The number of hydrogen-bond donors (Lipinski definition) is 0. The molecule has 1 rings (SSSR count). The van der Waals surface area contributed by atoms with Crippen LogP contribution >= 0.6 is 22.6 Å². The Balaban J connectivity index is 3.16. The number of halogens is 1. The van der Waals surface area contributed by atoms with Crippen LogP contribution in [-0.4, -0.2) is 11.6 Å². The highest BCUT2D eigenvalue weighted by Gasteiger charge is 2.22. The molecular formula is C11H13INO2-. The number of anilines is 1. The number of hydrogen-bond acceptors (Lipinski definition) is 2. The Labute approximate surface area is 103 Å². The Morgan fingerprint density at radius 3 is 2.40 bits per heavy atom. The fraction of sp³-hybridized carbons (Fsp3) is 0.364. The Morgan fingerprint density at radius 1 is 1.40 bits per heavy atom. The average Bonchev–Trinajstić information content (AvgIpc) is 1.99. The largest absolute Gasteiger partial charge is 0.530 e. The van der Waals surface area contributed by atoms with Crippen molar-refractivity contribution in [2.24, 2.45) is 0 Å². The van der Waals surface area contributed by atoms with Gasteiger partial charge in [-0.15, -0.1) is 0 Å². The van der Waals surface area contributed by atoms with Crippen molar-refractivity contribution in [1.29, 1.82) is 0 Å². The highest BCUT2D eigenvalue weighted by molar-refractivity contribution is 14.1. The Hall–Kier alpha value is -0.780. The molecule has 0 atom stereocenters. The minimum Gasteiger partial charge on any atom is -0.530 e. The van der Waals surface area contributed by atoms with E-state index in [9.17, 15) is 9.90 Å². The molecule has 0 fully saturated rings. The molecule has 0 heterocycles. The van der Waals surface area contributed by atoms with Gasteiger partial charge in [0.15, 0.2) is 0 Å². The first-order valence-corrected chi connectivity index (χ1v) is 5.67. The molecule has 1 amide bonds. The van der Waals surface area contributed by atoms with Crippen LogP contribution in [0.1, 0.15) is 20.8 Å². The molecule has 0 aliphatic heterocycles. The number of amides is 1. The van der Waals surface area contributed by atoms with Gasteiger partial charge in [-0.05, 0) is 61.6 Å². The van der Waals surface area contributed by atoms with Crippen LogP contribution in [0.25, 0.3) is 0 Å². The zero-order valence-electron chi connectivity index (χ0n) is 8.95. The van der Waals surface area contributed by atoms with Gasteiger partial charge in [0.25, 0.3) is 0 Å². The average molecular weight is 318 g/mol. The molecule has 0 bridgehead atoms. The summed E-state index contributed by atoms with van der Waals surface area (Å²) in [5, 5.41) is 11.1. The van der Waals surface area contributed by atoms with Crippen LogP contribution in [0.15, 0.2) is 24.3 Å². The van der Waals surface area contributed by atoms with Gasteiger partial charge in [-0.25, -0.2) is 0 Å². The molecule has 0 aliphatic carbocycles. The van der Waals surface area contributed by atoms with E-state index < -0.39 is 11.6 Å². The lowest BCUT2D eigenvalue weighted by Crippen LogP contribution is -2.52. The second kappa shape index (κ2) is 4.38. The predicted molar refractivity (Wildman–Crippen MR) is 66.8 cm³/mol. The predicted octanol–water partition coefficient (Wildman–Crippen LogP) is 2.24. The van der Waals surface area contributed by atoms with E-state index in [4.69, 9.17) is 0 Å². The van der Waals surface area contributed by atoms with E-state index in [0.29, 0.717) is 5.69 Å². The zero-order valence-corrected chi connectivity index (χ0v) is 11.1. The van der Waals surface area contributed by atoms with E-state index in [-0.39, 0.29) is 0 Å². The number of nitrogens with zero attached hydrogens (tertiary/aromatic N) is 1. The maximum atomic E-state index is 11.1. The Morgan fingerprint density at radius 2 is 2.00 bits per heavy atom. The van der Waals surface area contributed by atoms with E-state index >= 15 is 0 Å². The van der Waals surface area contributed by atoms with Crippen molar-refractivity contribution in [2.45, 2.75) is 26.3 Å². The van der Waals surface area contributed by atoms with Crippen molar-refractivity contribution < 1.29 is 9.90 Å². The third-order valence-electron chi connectivity index (χ3n) is 1.92. The third kappa shape index (κ3) is 3.09. The summed E-state index contributed by atoms with van der Waals surface area (Å²) in [6.07, 6.45) is -1.18. The van der Waals surface area contributed by atoms with Crippen LogP contribution in [0, 0.1) is 3.57 Å². The number of carbonyl (C=O) groups excluding carboxylic acids is 1. The molecule has 82 valence electrons. The lowest BCUT2D eigenvalue weighted by Gasteiger charge is -2.37. The van der Waals surface area contributed by atoms with Crippen LogP contribution < -0.4 is 10.0 Å². The summed E-state index contributed by atoms with van der Waals surface area (Å²) in [7, 11) is 0. The van der Waals surface area contributed by atoms with Crippen molar-refractivity contribution in [3.05, 3.63) is 27.8 Å². The lowest BCUT2D eigenvalue weighted by atomic mass is 10.1. The van der Waals surface area contributed by atoms with E-state index in [1.807, 2.05) is 39.0 Å². The quantitative estimate of drug-likeness (QED) is 0.746. The molecule has 3 nitrogen and oxygen atoms in total. The first kappa shape index (κ1) is 12.3. The van der Waals surface area contributed by atoms with Gasteiger partial charge in [0.05, 0.1) is 0 Å². The molecule has 0 saturated heterocycles. The van der Waals surface area contributed by atoms with Crippen LogP contribution in [0.4, 0.5) is 10.5 Å². The van der Waals surface area contributed by atoms with E-state index in [0.717, 1.165) is 3.57 Å². The SMILES string of the molecule is CC(C)(C)N(C(=O)[O-])c1cccc(I)c1. The molecule has 0 saturated carbocycles. The van der Waals surface area contributed by atoms with Gasteiger partial charge in [-0.3, -0.25) is 0 Å². The van der Waals surface area contributed by atoms with Gasteiger partial charge in [-0.2, -0.15) is 0 Å². The summed E-state index contributed by atoms with van der Waals surface area (Å²) in [6.45, 7) is 5.51. The number of benzene rings is 1. The molecule has 1 aromatic rings. The molecule has 15 heavy (non-hydrogen) atoms. The van der Waals surface area contributed by atoms with Crippen molar-refractivity contribution in [2.75, 3.05) is 4.90 Å². The molecule has 0 unspecified atom stereocenters. The maximum Gasteiger partial charge on any atom is 0.142 e. The monoisotopic (exact) mass is 318 g/mol. The molecule has 0 aliphatic rings. The first-order valence-electron chi connectivity index (χ1n) is 4.59. The topological polar surface area (TPSA) is 43.4 Å². The molecule has 0 spiro atoms. The normalized spacial score (nSPS) is 11.2. The van der Waals surface area contributed by atoms with Gasteiger partial charge < -0.3 is 14.8 Å². The van der Waals surface area contributed by atoms with E-state index in [2.05, 4.69) is 22.6 Å². The maximum absolute atomic E-state index is 11.1. The highest BCUT2D eigenvalue weighted by Crippen LogP contribution is 2.24. The molecule has 0 aromatic heterocycles. The third-order valence-corrected chi connectivity index (χ3v) is 2.59. The summed E-state index contributed by atoms with van der Waals surface area (Å²) < 4.78 is 1.00. The molecular weight excluding hydrogens is 305 g/mol. The first-order chi connectivity index (χ1) is 6.82. The van der Waals surface area contributed by atoms with E-state index in [1.54, 1.807) is 6.07 Å². The summed E-state index contributed by atoms with van der Waals surface area (Å²) in [6, 6.07) is 7.34. The summed E-state index contributed by atoms with van der Waals surface area (Å²) in [5.41, 5.74) is 0.151.